The highest BCUT2D eigenvalue weighted by Gasteiger charge is 2.29. The van der Waals surface area contributed by atoms with E-state index in [0.717, 1.165) is 12.8 Å². The van der Waals surface area contributed by atoms with Gasteiger partial charge in [-0.05, 0) is 24.7 Å². The van der Waals surface area contributed by atoms with E-state index >= 15 is 0 Å². The van der Waals surface area contributed by atoms with Gasteiger partial charge in [0.05, 0.1) is 0 Å². The van der Waals surface area contributed by atoms with E-state index in [1.54, 1.807) is 0 Å². The van der Waals surface area contributed by atoms with Gasteiger partial charge in [-0.15, -0.1) is 0 Å². The number of carbonyl (C=O) groups is 1. The third-order valence-corrected chi connectivity index (χ3v) is 3.73. The van der Waals surface area contributed by atoms with Crippen LogP contribution in [0.5, 0.6) is 0 Å². The van der Waals surface area contributed by atoms with Crippen LogP contribution in [0.25, 0.3) is 0 Å². The van der Waals surface area contributed by atoms with E-state index in [1.165, 1.54) is 19.3 Å². The first-order valence-corrected chi connectivity index (χ1v) is 6.07. The van der Waals surface area contributed by atoms with Crippen LogP contribution in [0.3, 0.4) is 0 Å². The van der Waals surface area contributed by atoms with Gasteiger partial charge in [0.25, 0.3) is 0 Å². The summed E-state index contributed by atoms with van der Waals surface area (Å²) in [5, 5.41) is 0. The molecule has 0 saturated heterocycles. The minimum absolute atomic E-state index is 0.183. The third kappa shape index (κ3) is 4.67. The van der Waals surface area contributed by atoms with Crippen LogP contribution in [0.4, 0.5) is 0 Å². The number of nitrogens with two attached hydrogens (primary N) is 1. The first-order valence-electron chi connectivity index (χ1n) is 6.07. The van der Waals surface area contributed by atoms with Gasteiger partial charge >= 0.3 is 0 Å². The predicted octanol–water partition coefficient (Wildman–Crippen LogP) is 3.49. The van der Waals surface area contributed by atoms with E-state index < -0.39 is 0 Å². The Labute approximate surface area is 94.6 Å². The number of hydrogen-bond acceptors (Lipinski definition) is 1. The molecule has 2 N–H and O–H groups in total. The van der Waals surface area contributed by atoms with Crippen LogP contribution in [0.1, 0.15) is 66.7 Å². The lowest BCUT2D eigenvalue weighted by Crippen LogP contribution is -2.33. The van der Waals surface area contributed by atoms with Crippen LogP contribution >= 0.6 is 0 Å². The highest BCUT2D eigenvalue weighted by Crippen LogP contribution is 2.36. The molecule has 0 aliphatic rings. The summed E-state index contributed by atoms with van der Waals surface area (Å²) in [6, 6.07) is 0. The van der Waals surface area contributed by atoms with Gasteiger partial charge in [-0.1, -0.05) is 47.5 Å². The lowest BCUT2D eigenvalue weighted by Gasteiger charge is -2.31. The number of hydrogen-bond donors (Lipinski definition) is 1. The van der Waals surface area contributed by atoms with Crippen molar-refractivity contribution in [3.63, 3.8) is 0 Å². The molecule has 0 fully saturated rings. The van der Waals surface area contributed by atoms with Gasteiger partial charge in [0, 0.05) is 5.41 Å². The molecule has 0 rings (SSSR count). The fraction of sp³-hybridized carbons (Fsp3) is 0.923. The zero-order valence-corrected chi connectivity index (χ0v) is 11.0. The second kappa shape index (κ2) is 5.53. The summed E-state index contributed by atoms with van der Waals surface area (Å²) >= 11 is 0. The molecule has 0 aliphatic carbocycles. The molecule has 0 aliphatic heterocycles. The van der Waals surface area contributed by atoms with E-state index in [1.807, 2.05) is 13.8 Å². The van der Waals surface area contributed by atoms with Crippen LogP contribution in [-0.4, -0.2) is 5.91 Å². The Morgan fingerprint density at radius 3 is 1.93 bits per heavy atom. The largest absolute Gasteiger partial charge is 0.369 e. The maximum atomic E-state index is 11.2. The van der Waals surface area contributed by atoms with Crippen molar-refractivity contribution >= 4 is 5.91 Å². The molecular formula is C13H27NO. The molecule has 0 aromatic rings. The zero-order chi connectivity index (χ0) is 12.1. The summed E-state index contributed by atoms with van der Waals surface area (Å²) in [6.07, 6.45) is 5.61. The maximum Gasteiger partial charge on any atom is 0.223 e. The molecule has 0 aromatic carbocycles. The topological polar surface area (TPSA) is 43.1 Å². The SMILES string of the molecule is CCCC(C)(CC)CCC(C)(C)C(N)=O. The van der Waals surface area contributed by atoms with Crippen LogP contribution in [0.2, 0.25) is 0 Å². The summed E-state index contributed by atoms with van der Waals surface area (Å²) in [4.78, 5) is 11.2. The van der Waals surface area contributed by atoms with Crippen LogP contribution in [-0.2, 0) is 4.79 Å². The van der Waals surface area contributed by atoms with Crippen molar-refractivity contribution in [2.45, 2.75) is 66.7 Å². The van der Waals surface area contributed by atoms with Crippen molar-refractivity contribution < 1.29 is 4.79 Å². The fourth-order valence-corrected chi connectivity index (χ4v) is 1.82. The van der Waals surface area contributed by atoms with E-state index in [0.29, 0.717) is 5.41 Å². The number of primary amides is 1. The Bertz CT molecular complexity index is 211. The molecule has 1 amide bonds. The minimum Gasteiger partial charge on any atom is -0.369 e. The Kier molecular flexibility index (Phi) is 5.33. The Morgan fingerprint density at radius 1 is 1.07 bits per heavy atom. The van der Waals surface area contributed by atoms with E-state index in [2.05, 4.69) is 20.8 Å². The van der Waals surface area contributed by atoms with Crippen molar-refractivity contribution in [2.75, 3.05) is 0 Å². The highest BCUT2D eigenvalue weighted by atomic mass is 16.1. The van der Waals surface area contributed by atoms with Gasteiger partial charge < -0.3 is 5.73 Å². The molecule has 0 spiro atoms. The monoisotopic (exact) mass is 213 g/mol. The molecule has 0 heterocycles. The summed E-state index contributed by atoms with van der Waals surface area (Å²) in [5.74, 6) is -0.183. The highest BCUT2D eigenvalue weighted by molar-refractivity contribution is 5.79. The lowest BCUT2D eigenvalue weighted by molar-refractivity contribution is -0.126. The molecule has 2 nitrogen and oxygen atoms in total. The molecule has 2 heteroatoms. The van der Waals surface area contributed by atoms with Crippen LogP contribution in [0, 0.1) is 10.8 Å². The van der Waals surface area contributed by atoms with Crippen molar-refractivity contribution in [2.24, 2.45) is 16.6 Å². The summed E-state index contributed by atoms with van der Waals surface area (Å²) in [7, 11) is 0. The third-order valence-electron chi connectivity index (χ3n) is 3.73. The van der Waals surface area contributed by atoms with Gasteiger partial charge in [-0.2, -0.15) is 0 Å². The van der Waals surface area contributed by atoms with Crippen LogP contribution in [0.15, 0.2) is 0 Å². The first kappa shape index (κ1) is 14.5. The average Bonchev–Trinajstić information content (AvgIpc) is 2.15. The van der Waals surface area contributed by atoms with E-state index in [9.17, 15) is 4.79 Å². The Morgan fingerprint density at radius 2 is 1.60 bits per heavy atom. The normalized spacial score (nSPS) is 16.1. The summed E-state index contributed by atoms with van der Waals surface area (Å²) < 4.78 is 0. The molecule has 1 atom stereocenters. The average molecular weight is 213 g/mol. The molecule has 0 bridgehead atoms. The lowest BCUT2D eigenvalue weighted by atomic mass is 9.74. The van der Waals surface area contributed by atoms with Gasteiger partial charge in [0.2, 0.25) is 5.91 Å². The smallest absolute Gasteiger partial charge is 0.223 e. The molecule has 1 unspecified atom stereocenters. The Hall–Kier alpha value is -0.530. The van der Waals surface area contributed by atoms with Crippen molar-refractivity contribution in [3.05, 3.63) is 0 Å². The minimum atomic E-state index is -0.357. The second-order valence-corrected chi connectivity index (χ2v) is 5.66. The number of carbonyl (C=O) groups excluding carboxylic acids is 1. The maximum absolute atomic E-state index is 11.2. The Balaban J connectivity index is 4.28. The quantitative estimate of drug-likeness (QED) is 0.691. The van der Waals surface area contributed by atoms with Gasteiger partial charge in [-0.25, -0.2) is 0 Å². The summed E-state index contributed by atoms with van der Waals surface area (Å²) in [5.41, 5.74) is 5.40. The standard InChI is InChI=1S/C13H27NO/c1-6-8-13(5,7-2)10-9-12(3,4)11(14)15/h6-10H2,1-5H3,(H2,14,15). The molecule has 0 radical (unpaired) electrons. The summed E-state index contributed by atoms with van der Waals surface area (Å²) in [6.45, 7) is 10.6. The zero-order valence-electron chi connectivity index (χ0n) is 11.0. The van der Waals surface area contributed by atoms with Gasteiger partial charge in [0.1, 0.15) is 0 Å². The van der Waals surface area contributed by atoms with Gasteiger partial charge in [-0.3, -0.25) is 4.79 Å². The molecular weight excluding hydrogens is 186 g/mol. The number of rotatable bonds is 7. The van der Waals surface area contributed by atoms with E-state index in [-0.39, 0.29) is 11.3 Å². The molecule has 90 valence electrons. The van der Waals surface area contributed by atoms with Crippen molar-refractivity contribution in [1.29, 1.82) is 0 Å². The number of amides is 1. The van der Waals surface area contributed by atoms with E-state index in [4.69, 9.17) is 5.73 Å². The molecule has 0 aromatic heterocycles. The van der Waals surface area contributed by atoms with Gasteiger partial charge in [0.15, 0.2) is 0 Å². The molecule has 15 heavy (non-hydrogen) atoms. The fourth-order valence-electron chi connectivity index (χ4n) is 1.82. The molecule has 0 saturated carbocycles. The van der Waals surface area contributed by atoms with Crippen molar-refractivity contribution in [1.82, 2.24) is 0 Å². The predicted molar refractivity (Wildman–Crippen MR) is 65.5 cm³/mol. The second-order valence-electron chi connectivity index (χ2n) is 5.66. The first-order chi connectivity index (χ1) is 6.77. The van der Waals surface area contributed by atoms with Crippen LogP contribution < -0.4 is 5.73 Å². The van der Waals surface area contributed by atoms with Crippen molar-refractivity contribution in [3.8, 4) is 0 Å².